The van der Waals surface area contributed by atoms with Crippen LogP contribution in [-0.2, 0) is 24.0 Å². The largest absolute Gasteiger partial charge is 0.494 e. The summed E-state index contributed by atoms with van der Waals surface area (Å²) >= 11 is 0. The second-order valence-corrected chi connectivity index (χ2v) is 6.03. The number of carbonyl (C=O) groups is 2. The van der Waals surface area contributed by atoms with E-state index in [1.165, 1.54) is 24.3 Å². The van der Waals surface area contributed by atoms with E-state index in [2.05, 4.69) is 4.28 Å². The second kappa shape index (κ2) is 6.71. The number of nitrogens with zero attached hydrogens (tertiary/aromatic N) is 1. The van der Waals surface area contributed by atoms with Crippen molar-refractivity contribution in [2.45, 2.75) is 24.7 Å². The highest BCUT2D eigenvalue weighted by Gasteiger charge is 2.31. The van der Waals surface area contributed by atoms with Gasteiger partial charge < -0.3 is 4.74 Å². The molecular formula is C14H15NO6S. The van der Waals surface area contributed by atoms with Crippen LogP contribution < -0.4 is 4.74 Å². The number of rotatable bonds is 7. The standard InChI is InChI=1S/C14H15NO6S/c1-2-3-10-20-11-4-6-12(7-5-11)22(18,19)21-15-13(16)8-9-14(15)17/h4-9H,2-3,10H2,1H3. The van der Waals surface area contributed by atoms with Crippen LogP contribution in [0.1, 0.15) is 19.8 Å². The Kier molecular flexibility index (Phi) is 4.94. The lowest BCUT2D eigenvalue weighted by Gasteiger charge is -2.13. The van der Waals surface area contributed by atoms with Gasteiger partial charge in [-0.15, -0.1) is 9.35 Å². The van der Waals surface area contributed by atoms with Crippen LogP contribution in [0.4, 0.5) is 0 Å². The van der Waals surface area contributed by atoms with Crippen LogP contribution in [0.25, 0.3) is 0 Å². The van der Waals surface area contributed by atoms with Crippen LogP contribution >= 0.6 is 0 Å². The van der Waals surface area contributed by atoms with Gasteiger partial charge >= 0.3 is 10.1 Å². The number of unbranched alkanes of at least 4 members (excludes halogenated alkanes) is 1. The SMILES string of the molecule is CCCCOc1ccc(S(=O)(=O)ON2C(=O)C=CC2=O)cc1. The molecule has 0 aromatic heterocycles. The summed E-state index contributed by atoms with van der Waals surface area (Å²) in [6.45, 7) is 2.58. The fourth-order valence-electron chi connectivity index (χ4n) is 1.64. The van der Waals surface area contributed by atoms with Crippen molar-refractivity contribution in [3.8, 4) is 5.75 Å². The lowest BCUT2D eigenvalue weighted by atomic mass is 10.3. The van der Waals surface area contributed by atoms with E-state index >= 15 is 0 Å². The highest BCUT2D eigenvalue weighted by molar-refractivity contribution is 7.86. The highest BCUT2D eigenvalue weighted by atomic mass is 32.2. The third-order valence-corrected chi connectivity index (χ3v) is 4.02. The maximum atomic E-state index is 12.0. The van der Waals surface area contributed by atoms with Crippen LogP contribution in [0.3, 0.4) is 0 Å². The summed E-state index contributed by atoms with van der Waals surface area (Å²) in [5.74, 6) is -1.15. The minimum absolute atomic E-state index is 0.178. The van der Waals surface area contributed by atoms with Crippen molar-refractivity contribution >= 4 is 21.9 Å². The smallest absolute Gasteiger partial charge is 0.318 e. The van der Waals surface area contributed by atoms with Gasteiger partial charge in [-0.3, -0.25) is 9.59 Å². The van der Waals surface area contributed by atoms with Crippen LogP contribution in [0, 0.1) is 0 Å². The average Bonchev–Trinajstić information content (AvgIpc) is 2.80. The fourth-order valence-corrected chi connectivity index (χ4v) is 2.54. The Morgan fingerprint density at radius 2 is 1.64 bits per heavy atom. The highest BCUT2D eigenvalue weighted by Crippen LogP contribution is 2.20. The van der Waals surface area contributed by atoms with Crippen molar-refractivity contribution in [3.05, 3.63) is 36.4 Å². The first-order valence-electron chi connectivity index (χ1n) is 6.67. The maximum Gasteiger partial charge on any atom is 0.318 e. The number of ether oxygens (including phenoxy) is 1. The molecule has 0 bridgehead atoms. The van der Waals surface area contributed by atoms with E-state index in [9.17, 15) is 18.0 Å². The average molecular weight is 325 g/mol. The first kappa shape index (κ1) is 16.2. The summed E-state index contributed by atoms with van der Waals surface area (Å²) in [5, 5.41) is 0.195. The zero-order valence-electron chi connectivity index (χ0n) is 11.9. The van der Waals surface area contributed by atoms with Crippen molar-refractivity contribution in [1.82, 2.24) is 5.06 Å². The molecule has 1 aromatic rings. The topological polar surface area (TPSA) is 90.0 Å². The minimum Gasteiger partial charge on any atom is -0.494 e. The van der Waals surface area contributed by atoms with Gasteiger partial charge in [0.15, 0.2) is 0 Å². The van der Waals surface area contributed by atoms with Gasteiger partial charge in [-0.2, -0.15) is 8.42 Å². The van der Waals surface area contributed by atoms with Gasteiger partial charge in [0.2, 0.25) is 0 Å². The molecule has 8 heteroatoms. The third kappa shape index (κ3) is 3.71. The van der Waals surface area contributed by atoms with Crippen molar-refractivity contribution in [2.24, 2.45) is 0 Å². The Balaban J connectivity index is 2.06. The summed E-state index contributed by atoms with van der Waals surface area (Å²) in [5.41, 5.74) is 0. The van der Waals surface area contributed by atoms with Crippen molar-refractivity contribution in [1.29, 1.82) is 0 Å². The van der Waals surface area contributed by atoms with E-state index in [0.29, 0.717) is 12.4 Å². The monoisotopic (exact) mass is 325 g/mol. The first-order valence-corrected chi connectivity index (χ1v) is 8.08. The number of hydrogen-bond acceptors (Lipinski definition) is 6. The molecule has 2 amide bonds. The lowest BCUT2D eigenvalue weighted by Crippen LogP contribution is -2.32. The van der Waals surface area contributed by atoms with Crippen LogP contribution in [-0.4, -0.2) is 31.9 Å². The number of carbonyl (C=O) groups excluding carboxylic acids is 2. The summed E-state index contributed by atoms with van der Waals surface area (Å²) in [7, 11) is -4.26. The van der Waals surface area contributed by atoms with Crippen molar-refractivity contribution in [2.75, 3.05) is 6.61 Å². The van der Waals surface area contributed by atoms with Gasteiger partial charge in [-0.1, -0.05) is 13.3 Å². The van der Waals surface area contributed by atoms with E-state index in [1.54, 1.807) is 0 Å². The van der Waals surface area contributed by atoms with Gasteiger partial charge in [0.1, 0.15) is 5.75 Å². The molecule has 0 saturated carbocycles. The summed E-state index contributed by atoms with van der Waals surface area (Å²) in [6.07, 6.45) is 3.76. The van der Waals surface area contributed by atoms with E-state index in [1.807, 2.05) is 6.92 Å². The quantitative estimate of drug-likeness (QED) is 0.556. The second-order valence-electron chi connectivity index (χ2n) is 4.51. The molecular weight excluding hydrogens is 310 g/mol. The van der Waals surface area contributed by atoms with Crippen LogP contribution in [0.15, 0.2) is 41.3 Å². The van der Waals surface area contributed by atoms with Gasteiger partial charge in [0.05, 0.1) is 11.5 Å². The Hall–Kier alpha value is -2.19. The molecule has 0 spiro atoms. The Morgan fingerprint density at radius 1 is 1.05 bits per heavy atom. The van der Waals surface area contributed by atoms with Gasteiger partial charge in [0.25, 0.3) is 11.8 Å². The molecule has 0 atom stereocenters. The predicted octanol–water partition coefficient (Wildman–Crippen LogP) is 1.41. The molecule has 0 saturated heterocycles. The molecule has 1 aliphatic rings. The van der Waals surface area contributed by atoms with Gasteiger partial charge in [0, 0.05) is 12.2 Å². The van der Waals surface area contributed by atoms with Crippen molar-refractivity contribution < 1.29 is 27.0 Å². The normalized spacial score (nSPS) is 14.7. The summed E-state index contributed by atoms with van der Waals surface area (Å²) < 4.78 is 34.0. The molecule has 7 nitrogen and oxygen atoms in total. The molecule has 1 heterocycles. The van der Waals surface area contributed by atoms with Gasteiger partial charge in [-0.05, 0) is 30.7 Å². The van der Waals surface area contributed by atoms with E-state index in [4.69, 9.17) is 4.74 Å². The molecule has 0 aliphatic carbocycles. The third-order valence-electron chi connectivity index (χ3n) is 2.82. The zero-order chi connectivity index (χ0) is 16.2. The van der Waals surface area contributed by atoms with E-state index < -0.39 is 21.9 Å². The van der Waals surface area contributed by atoms with Crippen LogP contribution in [0.2, 0.25) is 0 Å². The predicted molar refractivity (Wildman–Crippen MR) is 76.1 cm³/mol. The molecule has 22 heavy (non-hydrogen) atoms. The fraction of sp³-hybridized carbons (Fsp3) is 0.286. The first-order chi connectivity index (χ1) is 10.4. The molecule has 1 aliphatic heterocycles. The number of hydrogen-bond donors (Lipinski definition) is 0. The Morgan fingerprint density at radius 3 is 2.18 bits per heavy atom. The molecule has 0 fully saturated rings. The molecule has 0 radical (unpaired) electrons. The number of amides is 2. The Bertz CT molecular complexity index is 675. The number of hydroxylamine groups is 2. The van der Waals surface area contributed by atoms with E-state index in [0.717, 1.165) is 25.0 Å². The molecule has 0 unspecified atom stereocenters. The maximum absolute atomic E-state index is 12.0. The van der Waals surface area contributed by atoms with E-state index in [-0.39, 0.29) is 9.96 Å². The number of benzene rings is 1. The zero-order valence-corrected chi connectivity index (χ0v) is 12.7. The minimum atomic E-state index is -4.26. The number of imide groups is 1. The lowest BCUT2D eigenvalue weighted by molar-refractivity contribution is -0.161. The Labute approximate surface area is 128 Å². The molecule has 1 aromatic carbocycles. The van der Waals surface area contributed by atoms with Crippen LogP contribution in [0.5, 0.6) is 5.75 Å². The summed E-state index contributed by atoms with van der Waals surface area (Å²) in [4.78, 5) is 22.4. The molecule has 0 N–H and O–H groups in total. The molecule has 118 valence electrons. The van der Waals surface area contributed by atoms with Crippen molar-refractivity contribution in [3.63, 3.8) is 0 Å². The van der Waals surface area contributed by atoms with Gasteiger partial charge in [-0.25, -0.2) is 0 Å². The molecule has 2 rings (SSSR count). The summed E-state index contributed by atoms with van der Waals surface area (Å²) in [6, 6.07) is 5.54.